The lowest BCUT2D eigenvalue weighted by molar-refractivity contribution is -0.135. The molecule has 0 unspecified atom stereocenters. The molecule has 10 heteroatoms. The minimum absolute atomic E-state index is 0.0899. The summed E-state index contributed by atoms with van der Waals surface area (Å²) in [6.45, 7) is 1.91. The molecule has 1 aromatic carbocycles. The van der Waals surface area contributed by atoms with Crippen molar-refractivity contribution < 1.29 is 14.3 Å². The second kappa shape index (κ2) is 9.71. The Labute approximate surface area is 167 Å². The SMILES string of the molecule is NCC(=O)Nc1ccc(N=Nc2ccccc2OC(=O)CN2CCCC2)c(N)n1. The summed E-state index contributed by atoms with van der Waals surface area (Å²) in [5, 5.41) is 10.7. The molecule has 29 heavy (non-hydrogen) atoms. The topological polar surface area (TPSA) is 148 Å². The van der Waals surface area contributed by atoms with Gasteiger partial charge in [0, 0.05) is 0 Å². The fourth-order valence-electron chi connectivity index (χ4n) is 2.83. The number of carbonyl (C=O) groups excluding carboxylic acids is 2. The van der Waals surface area contributed by atoms with E-state index in [0.717, 1.165) is 25.9 Å². The second-order valence-electron chi connectivity index (χ2n) is 6.48. The second-order valence-corrected chi connectivity index (χ2v) is 6.48. The minimum atomic E-state index is -0.379. The molecule has 0 radical (unpaired) electrons. The average Bonchev–Trinajstić information content (AvgIpc) is 3.21. The number of nitrogens with zero attached hydrogens (tertiary/aromatic N) is 4. The maximum atomic E-state index is 12.2. The van der Waals surface area contributed by atoms with Crippen LogP contribution in [0.1, 0.15) is 12.8 Å². The van der Waals surface area contributed by atoms with Crippen molar-refractivity contribution in [3.8, 4) is 5.75 Å². The minimum Gasteiger partial charge on any atom is -0.423 e. The van der Waals surface area contributed by atoms with Gasteiger partial charge in [0.25, 0.3) is 0 Å². The number of nitrogens with one attached hydrogen (secondary N) is 1. The van der Waals surface area contributed by atoms with Crippen molar-refractivity contribution in [3.63, 3.8) is 0 Å². The van der Waals surface area contributed by atoms with Crippen LogP contribution in [-0.4, -0.2) is 47.9 Å². The van der Waals surface area contributed by atoms with Crippen molar-refractivity contribution in [3.05, 3.63) is 36.4 Å². The Bertz CT molecular complexity index is 910. The molecule has 0 saturated carbocycles. The number of ether oxygens (including phenoxy) is 1. The number of esters is 1. The van der Waals surface area contributed by atoms with Crippen molar-refractivity contribution in [2.45, 2.75) is 12.8 Å². The predicted molar refractivity (Wildman–Crippen MR) is 108 cm³/mol. The number of benzene rings is 1. The first kappa shape index (κ1) is 20.4. The molecule has 2 aromatic rings. The lowest BCUT2D eigenvalue weighted by atomic mass is 10.3. The van der Waals surface area contributed by atoms with Crippen LogP contribution in [0, 0.1) is 0 Å². The maximum Gasteiger partial charge on any atom is 0.325 e. The number of hydrogen-bond donors (Lipinski definition) is 3. The molecule has 0 bridgehead atoms. The van der Waals surface area contributed by atoms with Crippen molar-refractivity contribution in [1.82, 2.24) is 9.88 Å². The Kier molecular flexibility index (Phi) is 6.82. The number of amides is 1. The van der Waals surface area contributed by atoms with Crippen LogP contribution in [0.5, 0.6) is 5.75 Å². The van der Waals surface area contributed by atoms with E-state index in [0.29, 0.717) is 17.1 Å². The zero-order chi connectivity index (χ0) is 20.6. The molecule has 1 aromatic heterocycles. The van der Waals surface area contributed by atoms with Gasteiger partial charge in [-0.15, -0.1) is 10.2 Å². The van der Waals surface area contributed by atoms with Gasteiger partial charge in [-0.05, 0) is 50.2 Å². The number of anilines is 2. The largest absolute Gasteiger partial charge is 0.423 e. The molecule has 1 fully saturated rings. The van der Waals surface area contributed by atoms with Gasteiger partial charge in [0.15, 0.2) is 11.6 Å². The van der Waals surface area contributed by atoms with Gasteiger partial charge in [-0.1, -0.05) is 12.1 Å². The molecular weight excluding hydrogens is 374 g/mol. The molecule has 0 atom stereocenters. The van der Waals surface area contributed by atoms with Crippen molar-refractivity contribution in [2.24, 2.45) is 16.0 Å². The highest BCUT2D eigenvalue weighted by molar-refractivity contribution is 5.91. The molecular formula is C19H23N7O3. The third kappa shape index (κ3) is 5.80. The Balaban J connectivity index is 1.69. The van der Waals surface area contributed by atoms with E-state index < -0.39 is 0 Å². The number of para-hydroxylation sites is 1. The molecule has 3 rings (SSSR count). The lowest BCUT2D eigenvalue weighted by Crippen LogP contribution is -2.29. The molecule has 152 valence electrons. The van der Waals surface area contributed by atoms with Gasteiger partial charge in [-0.3, -0.25) is 14.5 Å². The van der Waals surface area contributed by atoms with Gasteiger partial charge in [-0.25, -0.2) is 4.98 Å². The van der Waals surface area contributed by atoms with E-state index in [4.69, 9.17) is 16.2 Å². The average molecular weight is 397 g/mol. The Morgan fingerprint density at radius 3 is 2.55 bits per heavy atom. The van der Waals surface area contributed by atoms with E-state index in [2.05, 4.69) is 25.4 Å². The fraction of sp³-hybridized carbons (Fsp3) is 0.316. The van der Waals surface area contributed by atoms with Crippen molar-refractivity contribution in [2.75, 3.05) is 37.2 Å². The van der Waals surface area contributed by atoms with E-state index in [1.807, 2.05) is 0 Å². The smallest absolute Gasteiger partial charge is 0.325 e. The summed E-state index contributed by atoms with van der Waals surface area (Å²) < 4.78 is 5.46. The summed E-state index contributed by atoms with van der Waals surface area (Å²) in [5.74, 6) is -0.0364. The van der Waals surface area contributed by atoms with E-state index in [-0.39, 0.29) is 36.6 Å². The van der Waals surface area contributed by atoms with E-state index >= 15 is 0 Å². The van der Waals surface area contributed by atoms with Crippen LogP contribution < -0.4 is 21.5 Å². The quantitative estimate of drug-likeness (QED) is 0.367. The summed E-state index contributed by atoms with van der Waals surface area (Å²) in [6, 6.07) is 9.96. The van der Waals surface area contributed by atoms with Gasteiger partial charge in [0.05, 0.1) is 13.1 Å². The Hall–Kier alpha value is -3.37. The first-order chi connectivity index (χ1) is 14.0. The van der Waals surface area contributed by atoms with E-state index in [1.54, 1.807) is 36.4 Å². The molecule has 5 N–H and O–H groups in total. The van der Waals surface area contributed by atoms with Gasteiger partial charge < -0.3 is 21.5 Å². The van der Waals surface area contributed by atoms with Crippen LogP contribution in [0.4, 0.5) is 23.0 Å². The number of likely N-dealkylation sites (tertiary alicyclic amines) is 1. The maximum absolute atomic E-state index is 12.2. The van der Waals surface area contributed by atoms with Gasteiger partial charge in [0.2, 0.25) is 5.91 Å². The molecule has 0 spiro atoms. The number of rotatable bonds is 7. The van der Waals surface area contributed by atoms with Crippen LogP contribution in [0.3, 0.4) is 0 Å². The highest BCUT2D eigenvalue weighted by atomic mass is 16.5. The lowest BCUT2D eigenvalue weighted by Gasteiger charge is -2.13. The van der Waals surface area contributed by atoms with E-state index in [1.165, 1.54) is 0 Å². The summed E-state index contributed by atoms with van der Waals surface area (Å²) in [5.41, 5.74) is 11.8. The van der Waals surface area contributed by atoms with Gasteiger partial charge in [0.1, 0.15) is 17.2 Å². The predicted octanol–water partition coefficient (Wildman–Crippen LogP) is 1.98. The normalized spacial score (nSPS) is 14.2. The zero-order valence-corrected chi connectivity index (χ0v) is 15.9. The monoisotopic (exact) mass is 397 g/mol. The summed E-state index contributed by atoms with van der Waals surface area (Å²) in [4.78, 5) is 29.6. The van der Waals surface area contributed by atoms with Crippen LogP contribution in [-0.2, 0) is 9.59 Å². The van der Waals surface area contributed by atoms with Crippen molar-refractivity contribution in [1.29, 1.82) is 0 Å². The standard InChI is InChI=1S/C19H23N7O3/c20-11-17(27)22-16-8-7-14(19(21)23-16)25-24-13-5-1-2-6-15(13)29-18(28)12-26-9-3-4-10-26/h1-2,5-8H,3-4,9-12,20H2,(H3,21,22,23,27). The number of carbonyl (C=O) groups is 2. The van der Waals surface area contributed by atoms with Gasteiger partial charge >= 0.3 is 5.97 Å². The highest BCUT2D eigenvalue weighted by Gasteiger charge is 2.17. The zero-order valence-electron chi connectivity index (χ0n) is 15.9. The van der Waals surface area contributed by atoms with Crippen LogP contribution in [0.15, 0.2) is 46.6 Å². The fourth-order valence-corrected chi connectivity index (χ4v) is 2.83. The highest BCUT2D eigenvalue weighted by Crippen LogP contribution is 2.30. The number of hydrogen-bond acceptors (Lipinski definition) is 9. The number of aromatic nitrogens is 1. The van der Waals surface area contributed by atoms with Gasteiger partial charge in [-0.2, -0.15) is 0 Å². The van der Waals surface area contributed by atoms with Crippen LogP contribution >= 0.6 is 0 Å². The number of nitrogen functional groups attached to an aromatic ring is 1. The molecule has 0 aliphatic carbocycles. The number of nitrogens with two attached hydrogens (primary N) is 2. The molecule has 2 heterocycles. The number of pyridine rings is 1. The summed E-state index contributed by atoms with van der Waals surface area (Å²) in [6.07, 6.45) is 2.20. The molecule has 1 amide bonds. The summed E-state index contributed by atoms with van der Waals surface area (Å²) in [7, 11) is 0. The van der Waals surface area contributed by atoms with E-state index in [9.17, 15) is 9.59 Å². The third-order valence-electron chi connectivity index (χ3n) is 4.26. The van der Waals surface area contributed by atoms with Crippen LogP contribution in [0.2, 0.25) is 0 Å². The molecule has 10 nitrogen and oxygen atoms in total. The van der Waals surface area contributed by atoms with Crippen molar-refractivity contribution >= 4 is 34.9 Å². The van der Waals surface area contributed by atoms with Crippen LogP contribution in [0.25, 0.3) is 0 Å². The molecule has 1 aliphatic heterocycles. The number of azo groups is 1. The molecule has 1 saturated heterocycles. The Morgan fingerprint density at radius 1 is 1.10 bits per heavy atom. The first-order valence-electron chi connectivity index (χ1n) is 9.25. The first-order valence-corrected chi connectivity index (χ1v) is 9.25. The third-order valence-corrected chi connectivity index (χ3v) is 4.26. The Morgan fingerprint density at radius 2 is 1.83 bits per heavy atom. The molecule has 1 aliphatic rings. The summed E-state index contributed by atoms with van der Waals surface area (Å²) >= 11 is 0.